The Bertz CT molecular complexity index is 364. The van der Waals surface area contributed by atoms with E-state index in [1.54, 1.807) is 23.9 Å². The molecule has 0 saturated carbocycles. The van der Waals surface area contributed by atoms with Crippen molar-refractivity contribution in [1.29, 1.82) is 0 Å². The van der Waals surface area contributed by atoms with Crippen LogP contribution in [0.1, 0.15) is 19.8 Å². The fourth-order valence-electron chi connectivity index (χ4n) is 1.79. The molecule has 0 bridgehead atoms. The Balaban J connectivity index is 2.27. The predicted octanol–water partition coefficient (Wildman–Crippen LogP) is 1.82. The molecule has 0 aromatic rings. The third kappa shape index (κ3) is 2.10. The zero-order valence-corrected chi connectivity index (χ0v) is 9.09. The zero-order chi connectivity index (χ0) is 11.5. The SMILES string of the molecule is CC=CB1O/C(O)=C\N2CCC/C2=C(\O)O1. The van der Waals surface area contributed by atoms with Crippen LogP contribution in [0.2, 0.25) is 0 Å². The van der Waals surface area contributed by atoms with Crippen molar-refractivity contribution in [2.75, 3.05) is 6.54 Å². The smallest absolute Gasteiger partial charge is 0.494 e. The molecule has 0 aromatic heterocycles. The summed E-state index contributed by atoms with van der Waals surface area (Å²) in [5.41, 5.74) is 0.685. The molecule has 0 spiro atoms. The van der Waals surface area contributed by atoms with Gasteiger partial charge in [0.15, 0.2) is 0 Å². The maximum Gasteiger partial charge on any atom is 0.628 e. The fraction of sp³-hybridized carbons (Fsp3) is 0.400. The molecular weight excluding hydrogens is 209 g/mol. The van der Waals surface area contributed by atoms with Gasteiger partial charge >= 0.3 is 7.12 Å². The summed E-state index contributed by atoms with van der Waals surface area (Å²) in [7, 11) is -0.795. The highest BCUT2D eigenvalue weighted by Gasteiger charge is 2.29. The van der Waals surface area contributed by atoms with Gasteiger partial charge in [0, 0.05) is 6.54 Å². The molecule has 86 valence electrons. The van der Waals surface area contributed by atoms with Gasteiger partial charge in [0.2, 0.25) is 0 Å². The summed E-state index contributed by atoms with van der Waals surface area (Å²) < 4.78 is 10.3. The molecule has 2 aliphatic rings. The van der Waals surface area contributed by atoms with E-state index in [0.717, 1.165) is 19.4 Å². The van der Waals surface area contributed by atoms with E-state index in [4.69, 9.17) is 9.31 Å². The van der Waals surface area contributed by atoms with E-state index < -0.39 is 7.12 Å². The van der Waals surface area contributed by atoms with Gasteiger partial charge in [-0.1, -0.05) is 6.08 Å². The van der Waals surface area contributed by atoms with Gasteiger partial charge in [-0.2, -0.15) is 0 Å². The Morgan fingerprint density at radius 1 is 1.44 bits per heavy atom. The maximum atomic E-state index is 9.76. The number of rotatable bonds is 1. The molecule has 2 heterocycles. The van der Waals surface area contributed by atoms with Crippen LogP contribution >= 0.6 is 0 Å². The minimum Gasteiger partial charge on any atom is -0.494 e. The minimum atomic E-state index is -0.795. The molecule has 1 fully saturated rings. The van der Waals surface area contributed by atoms with Crippen molar-refractivity contribution < 1.29 is 19.5 Å². The standard InChI is InChI=1S/C10H14BNO4/c1-2-5-11-15-9(13)7-12-6-3-4-8(12)10(14)16-11/h2,5,7,13-14H,3-4,6H2,1H3/b5-2?,9-7-,10-8-. The second-order valence-electron chi connectivity index (χ2n) is 3.65. The molecule has 0 aromatic carbocycles. The van der Waals surface area contributed by atoms with Crippen LogP contribution in [-0.2, 0) is 9.31 Å². The Labute approximate surface area is 94.4 Å². The van der Waals surface area contributed by atoms with E-state index in [-0.39, 0.29) is 11.9 Å². The molecule has 0 atom stereocenters. The second-order valence-corrected chi connectivity index (χ2v) is 3.65. The van der Waals surface area contributed by atoms with Crippen LogP contribution in [0.5, 0.6) is 0 Å². The average molecular weight is 223 g/mol. The Morgan fingerprint density at radius 2 is 2.25 bits per heavy atom. The zero-order valence-electron chi connectivity index (χ0n) is 9.09. The topological polar surface area (TPSA) is 62.2 Å². The van der Waals surface area contributed by atoms with Crippen molar-refractivity contribution in [3.8, 4) is 0 Å². The van der Waals surface area contributed by atoms with E-state index in [1.165, 1.54) is 6.20 Å². The van der Waals surface area contributed by atoms with E-state index in [1.807, 2.05) is 0 Å². The third-order valence-electron chi connectivity index (χ3n) is 2.49. The van der Waals surface area contributed by atoms with E-state index >= 15 is 0 Å². The molecule has 2 aliphatic heterocycles. The van der Waals surface area contributed by atoms with E-state index in [2.05, 4.69) is 0 Å². The monoisotopic (exact) mass is 223 g/mol. The van der Waals surface area contributed by atoms with Crippen LogP contribution in [0, 0.1) is 0 Å². The van der Waals surface area contributed by atoms with Gasteiger partial charge in [-0.05, 0) is 25.7 Å². The summed E-state index contributed by atoms with van der Waals surface area (Å²) in [4.78, 5) is 1.73. The first-order chi connectivity index (χ1) is 7.70. The van der Waals surface area contributed by atoms with Gasteiger partial charge in [0.05, 0.1) is 11.9 Å². The first-order valence-corrected chi connectivity index (χ1v) is 5.26. The maximum absolute atomic E-state index is 9.76. The lowest BCUT2D eigenvalue weighted by Gasteiger charge is -2.22. The van der Waals surface area contributed by atoms with Gasteiger partial charge in [0.25, 0.3) is 11.9 Å². The van der Waals surface area contributed by atoms with E-state index in [0.29, 0.717) is 5.70 Å². The lowest BCUT2D eigenvalue weighted by Crippen LogP contribution is -2.26. The van der Waals surface area contributed by atoms with Crippen molar-refractivity contribution in [2.24, 2.45) is 0 Å². The number of hydrogen-bond acceptors (Lipinski definition) is 5. The highest BCUT2D eigenvalue weighted by Crippen LogP contribution is 2.27. The van der Waals surface area contributed by atoms with Crippen LogP contribution in [0.3, 0.4) is 0 Å². The summed E-state index contributed by atoms with van der Waals surface area (Å²) in [5.74, 6) is 1.25. The molecule has 0 amide bonds. The lowest BCUT2D eigenvalue weighted by molar-refractivity contribution is 0.118. The van der Waals surface area contributed by atoms with E-state index in [9.17, 15) is 10.2 Å². The van der Waals surface area contributed by atoms with Crippen molar-refractivity contribution in [1.82, 2.24) is 4.90 Å². The van der Waals surface area contributed by atoms with Crippen molar-refractivity contribution >= 4 is 7.12 Å². The number of fused-ring (bicyclic) bond motifs is 1. The number of aliphatic hydroxyl groups is 2. The molecule has 0 radical (unpaired) electrons. The summed E-state index contributed by atoms with van der Waals surface area (Å²) in [6.07, 6.45) is 4.85. The highest BCUT2D eigenvalue weighted by atomic mass is 16.7. The number of allylic oxidation sites excluding steroid dienone is 2. The summed E-state index contributed by atoms with van der Waals surface area (Å²) in [6, 6.07) is 0. The Morgan fingerprint density at radius 3 is 3.00 bits per heavy atom. The number of hydrogen-bond donors (Lipinski definition) is 2. The normalized spacial score (nSPS) is 28.9. The molecule has 0 unspecified atom stereocenters. The van der Waals surface area contributed by atoms with Gasteiger partial charge in [-0.3, -0.25) is 0 Å². The average Bonchev–Trinajstić information content (AvgIpc) is 2.63. The molecule has 2 rings (SSSR count). The summed E-state index contributed by atoms with van der Waals surface area (Å²) in [5, 5.41) is 19.3. The van der Waals surface area contributed by atoms with Crippen molar-refractivity contribution in [2.45, 2.75) is 19.8 Å². The van der Waals surface area contributed by atoms with Gasteiger partial charge < -0.3 is 24.4 Å². The summed E-state index contributed by atoms with van der Waals surface area (Å²) >= 11 is 0. The number of aliphatic hydroxyl groups excluding tert-OH is 2. The first-order valence-electron chi connectivity index (χ1n) is 5.26. The third-order valence-corrected chi connectivity index (χ3v) is 2.49. The largest absolute Gasteiger partial charge is 0.628 e. The fourth-order valence-corrected chi connectivity index (χ4v) is 1.79. The van der Waals surface area contributed by atoms with Crippen molar-refractivity contribution in [3.63, 3.8) is 0 Å². The van der Waals surface area contributed by atoms with Crippen molar-refractivity contribution in [3.05, 3.63) is 35.8 Å². The molecule has 5 nitrogen and oxygen atoms in total. The molecular formula is C10H14BNO4. The molecule has 2 N–H and O–H groups in total. The summed E-state index contributed by atoms with van der Waals surface area (Å²) in [6.45, 7) is 2.54. The molecule has 16 heavy (non-hydrogen) atoms. The second kappa shape index (κ2) is 4.43. The number of nitrogens with zero attached hydrogens (tertiary/aromatic N) is 1. The Kier molecular flexibility index (Phi) is 2.98. The van der Waals surface area contributed by atoms with Gasteiger partial charge in [-0.15, -0.1) is 0 Å². The van der Waals surface area contributed by atoms with Gasteiger partial charge in [-0.25, -0.2) is 0 Å². The predicted molar refractivity (Wildman–Crippen MR) is 59.0 cm³/mol. The molecule has 6 heteroatoms. The molecule has 1 saturated heterocycles. The van der Waals surface area contributed by atoms with Crippen LogP contribution in [0.25, 0.3) is 0 Å². The van der Waals surface area contributed by atoms with Crippen LogP contribution in [0.4, 0.5) is 0 Å². The van der Waals surface area contributed by atoms with Gasteiger partial charge in [0.1, 0.15) is 0 Å². The first kappa shape index (κ1) is 10.8. The van der Waals surface area contributed by atoms with Crippen LogP contribution in [0.15, 0.2) is 35.8 Å². The highest BCUT2D eigenvalue weighted by molar-refractivity contribution is 6.51. The van der Waals surface area contributed by atoms with Crippen LogP contribution in [-0.4, -0.2) is 28.8 Å². The lowest BCUT2D eigenvalue weighted by atomic mass is 9.89. The minimum absolute atomic E-state index is 0.135. The molecule has 0 aliphatic carbocycles. The van der Waals surface area contributed by atoms with Crippen LogP contribution < -0.4 is 0 Å². The Hall–Kier alpha value is -1.72. The quantitative estimate of drug-likeness (QED) is 0.663.